The molecule has 0 heterocycles. The molecule has 2 N–H and O–H groups in total. The van der Waals surface area contributed by atoms with Crippen molar-refractivity contribution in [3.05, 3.63) is 35.4 Å². The van der Waals surface area contributed by atoms with E-state index in [1.165, 1.54) is 19.3 Å². The molecular weight excluding hydrogens is 250 g/mol. The number of aliphatic hydroxyl groups excluding tert-OH is 1. The zero-order chi connectivity index (χ0) is 14.4. The normalized spacial score (nSPS) is 21.7. The Balaban J connectivity index is 2.12. The topological polar surface area (TPSA) is 49.3 Å². The van der Waals surface area contributed by atoms with E-state index >= 15 is 0 Å². The maximum absolute atomic E-state index is 12.4. The Bertz CT molecular complexity index is 527. The highest BCUT2D eigenvalue weighted by Gasteiger charge is 2.23. The quantitative estimate of drug-likeness (QED) is 0.811. The molecule has 20 heavy (non-hydrogen) atoms. The van der Waals surface area contributed by atoms with Gasteiger partial charge in [0.15, 0.2) is 0 Å². The van der Waals surface area contributed by atoms with Crippen molar-refractivity contribution in [1.82, 2.24) is 5.32 Å². The minimum absolute atomic E-state index is 0.0633. The molecule has 0 radical (unpaired) electrons. The average Bonchev–Trinajstić information content (AvgIpc) is 2.47. The second kappa shape index (κ2) is 7.12. The molecule has 1 fully saturated rings. The van der Waals surface area contributed by atoms with Crippen molar-refractivity contribution in [3.63, 3.8) is 0 Å². The van der Waals surface area contributed by atoms with Crippen LogP contribution < -0.4 is 5.32 Å². The first kappa shape index (κ1) is 14.6. The fourth-order valence-electron chi connectivity index (χ4n) is 2.70. The summed E-state index contributed by atoms with van der Waals surface area (Å²) in [5, 5.41) is 11.9. The highest BCUT2D eigenvalue weighted by molar-refractivity contribution is 5.96. The van der Waals surface area contributed by atoms with Crippen LogP contribution in [-0.2, 0) is 0 Å². The van der Waals surface area contributed by atoms with Gasteiger partial charge in [0.1, 0.15) is 6.61 Å². The van der Waals surface area contributed by atoms with Crippen molar-refractivity contribution >= 4 is 5.91 Å². The standard InChI is InChI=1S/C17H21NO2/c1-13-7-2-5-11-16(13)18-17(20)15-10-4-3-8-14(15)9-6-12-19/h3-4,8,10,13,16,19H,2,5,7,11-12H2,1H3,(H,18,20). The second-order valence-electron chi connectivity index (χ2n) is 5.35. The summed E-state index contributed by atoms with van der Waals surface area (Å²) < 4.78 is 0. The smallest absolute Gasteiger partial charge is 0.252 e. The highest BCUT2D eigenvalue weighted by Crippen LogP contribution is 2.24. The molecule has 3 heteroatoms. The van der Waals surface area contributed by atoms with Gasteiger partial charge in [0.05, 0.1) is 5.56 Å². The highest BCUT2D eigenvalue weighted by atomic mass is 16.2. The number of hydrogen-bond donors (Lipinski definition) is 2. The largest absolute Gasteiger partial charge is 0.384 e. The summed E-state index contributed by atoms with van der Waals surface area (Å²) >= 11 is 0. The predicted octanol–water partition coefficient (Wildman–Crippen LogP) is 2.34. The van der Waals surface area contributed by atoms with E-state index in [0.717, 1.165) is 6.42 Å². The van der Waals surface area contributed by atoms with Crippen LogP contribution in [-0.4, -0.2) is 23.7 Å². The number of carbonyl (C=O) groups excluding carboxylic acids is 1. The predicted molar refractivity (Wildman–Crippen MR) is 79.3 cm³/mol. The molecule has 1 aromatic carbocycles. The van der Waals surface area contributed by atoms with Crippen molar-refractivity contribution in [1.29, 1.82) is 0 Å². The van der Waals surface area contributed by atoms with Gasteiger partial charge in [0.25, 0.3) is 5.91 Å². The SMILES string of the molecule is CC1CCCCC1NC(=O)c1ccccc1C#CCO. The maximum atomic E-state index is 12.4. The van der Waals surface area contributed by atoms with Gasteiger partial charge in [-0.3, -0.25) is 4.79 Å². The summed E-state index contributed by atoms with van der Waals surface area (Å²) in [6.45, 7) is 2.00. The summed E-state index contributed by atoms with van der Waals surface area (Å²) in [5.41, 5.74) is 1.26. The Labute approximate surface area is 120 Å². The Kier molecular flexibility index (Phi) is 5.20. The van der Waals surface area contributed by atoms with Gasteiger partial charge in [-0.1, -0.05) is 43.7 Å². The van der Waals surface area contributed by atoms with E-state index in [1.54, 1.807) is 6.07 Å². The van der Waals surface area contributed by atoms with Crippen molar-refractivity contribution in [2.24, 2.45) is 5.92 Å². The van der Waals surface area contributed by atoms with E-state index < -0.39 is 0 Å². The number of aliphatic hydroxyl groups is 1. The fourth-order valence-corrected chi connectivity index (χ4v) is 2.70. The Hall–Kier alpha value is -1.79. The van der Waals surface area contributed by atoms with Crippen LogP contribution in [0.5, 0.6) is 0 Å². The number of nitrogens with one attached hydrogen (secondary N) is 1. The summed E-state index contributed by atoms with van der Waals surface area (Å²) in [5.74, 6) is 5.90. The lowest BCUT2D eigenvalue weighted by molar-refractivity contribution is 0.0910. The molecule has 1 aliphatic rings. The van der Waals surface area contributed by atoms with E-state index in [1.807, 2.05) is 18.2 Å². The van der Waals surface area contributed by atoms with Crippen LogP contribution in [0.3, 0.4) is 0 Å². The lowest BCUT2D eigenvalue weighted by atomic mass is 9.86. The van der Waals surface area contributed by atoms with Gasteiger partial charge >= 0.3 is 0 Å². The summed E-state index contributed by atoms with van der Waals surface area (Å²) in [6, 6.07) is 7.53. The first-order valence-electron chi connectivity index (χ1n) is 7.22. The lowest BCUT2D eigenvalue weighted by Crippen LogP contribution is -2.41. The van der Waals surface area contributed by atoms with Gasteiger partial charge in [0, 0.05) is 11.6 Å². The van der Waals surface area contributed by atoms with Crippen LogP contribution in [0, 0.1) is 17.8 Å². The molecule has 0 aliphatic heterocycles. The number of amides is 1. The molecule has 1 aliphatic carbocycles. The molecule has 3 nitrogen and oxygen atoms in total. The molecule has 0 saturated heterocycles. The number of benzene rings is 1. The Morgan fingerprint density at radius 2 is 2.10 bits per heavy atom. The van der Waals surface area contributed by atoms with Crippen molar-refractivity contribution < 1.29 is 9.90 Å². The van der Waals surface area contributed by atoms with E-state index in [-0.39, 0.29) is 18.6 Å². The van der Waals surface area contributed by atoms with Gasteiger partial charge in [-0.15, -0.1) is 0 Å². The van der Waals surface area contributed by atoms with Crippen LogP contribution in [0.25, 0.3) is 0 Å². The zero-order valence-corrected chi connectivity index (χ0v) is 11.9. The first-order chi connectivity index (χ1) is 9.72. The maximum Gasteiger partial charge on any atom is 0.252 e. The zero-order valence-electron chi connectivity index (χ0n) is 11.9. The van der Waals surface area contributed by atoms with Gasteiger partial charge < -0.3 is 10.4 Å². The fraction of sp³-hybridized carbons (Fsp3) is 0.471. The lowest BCUT2D eigenvalue weighted by Gasteiger charge is -2.29. The second-order valence-corrected chi connectivity index (χ2v) is 5.35. The van der Waals surface area contributed by atoms with Gasteiger partial charge in [0.2, 0.25) is 0 Å². The van der Waals surface area contributed by atoms with Crippen molar-refractivity contribution in [2.45, 2.75) is 38.6 Å². The minimum Gasteiger partial charge on any atom is -0.384 e. The molecule has 2 rings (SSSR count). The Morgan fingerprint density at radius 1 is 1.35 bits per heavy atom. The molecule has 2 unspecified atom stereocenters. The van der Waals surface area contributed by atoms with Gasteiger partial charge in [-0.2, -0.15) is 0 Å². The van der Waals surface area contributed by atoms with Crippen molar-refractivity contribution in [3.8, 4) is 11.8 Å². The third-order valence-electron chi connectivity index (χ3n) is 3.90. The van der Waals surface area contributed by atoms with Crippen molar-refractivity contribution in [2.75, 3.05) is 6.61 Å². The van der Waals surface area contributed by atoms with E-state index in [0.29, 0.717) is 17.0 Å². The molecule has 1 saturated carbocycles. The van der Waals surface area contributed by atoms with Crippen LogP contribution in [0.2, 0.25) is 0 Å². The average molecular weight is 271 g/mol. The minimum atomic E-state index is -0.199. The van der Waals surface area contributed by atoms with E-state index in [9.17, 15) is 4.79 Å². The summed E-state index contributed by atoms with van der Waals surface area (Å²) in [6.07, 6.45) is 4.67. The van der Waals surface area contributed by atoms with Gasteiger partial charge in [-0.25, -0.2) is 0 Å². The molecule has 106 valence electrons. The monoisotopic (exact) mass is 271 g/mol. The molecular formula is C17H21NO2. The molecule has 0 aromatic heterocycles. The first-order valence-corrected chi connectivity index (χ1v) is 7.22. The molecule has 0 bridgehead atoms. The molecule has 2 atom stereocenters. The van der Waals surface area contributed by atoms with Crippen LogP contribution in [0.4, 0.5) is 0 Å². The van der Waals surface area contributed by atoms with E-state index in [2.05, 4.69) is 24.1 Å². The third-order valence-corrected chi connectivity index (χ3v) is 3.90. The number of rotatable bonds is 2. The van der Waals surface area contributed by atoms with Gasteiger partial charge in [-0.05, 0) is 30.9 Å². The van der Waals surface area contributed by atoms with E-state index in [4.69, 9.17) is 5.11 Å². The van der Waals surface area contributed by atoms with Crippen LogP contribution in [0.15, 0.2) is 24.3 Å². The molecule has 1 aromatic rings. The summed E-state index contributed by atoms with van der Waals surface area (Å²) in [7, 11) is 0. The molecule has 0 spiro atoms. The molecule has 1 amide bonds. The van der Waals surface area contributed by atoms with Crippen LogP contribution >= 0.6 is 0 Å². The number of carbonyl (C=O) groups is 1. The third kappa shape index (κ3) is 3.61. The number of hydrogen-bond acceptors (Lipinski definition) is 2. The Morgan fingerprint density at radius 3 is 2.85 bits per heavy atom. The van der Waals surface area contributed by atoms with Crippen LogP contribution in [0.1, 0.15) is 48.5 Å². The summed E-state index contributed by atoms with van der Waals surface area (Å²) in [4.78, 5) is 12.4.